The lowest BCUT2D eigenvalue weighted by molar-refractivity contribution is 0.252. The van der Waals surface area contributed by atoms with Crippen LogP contribution in [0.1, 0.15) is 5.56 Å². The molecule has 0 aliphatic rings. The van der Waals surface area contributed by atoms with Gasteiger partial charge in [-0.15, -0.1) is 11.6 Å². The first-order valence-corrected chi connectivity index (χ1v) is 5.34. The molecule has 1 rings (SSSR count). The summed E-state index contributed by atoms with van der Waals surface area (Å²) < 4.78 is 24.1. The van der Waals surface area contributed by atoms with Crippen LogP contribution in [-0.4, -0.2) is 11.6 Å². The molecule has 0 aromatic heterocycles. The fourth-order valence-electron chi connectivity index (χ4n) is 0.969. The van der Waals surface area contributed by atoms with Gasteiger partial charge in [-0.05, 0) is 23.3 Å². The van der Waals surface area contributed by atoms with Crippen molar-refractivity contribution in [1.82, 2.24) is 0 Å². The van der Waals surface area contributed by atoms with Crippen LogP contribution in [0.4, 0.5) is 8.78 Å². The highest BCUT2D eigenvalue weighted by Gasteiger charge is 2.06. The number of benzene rings is 1. The van der Waals surface area contributed by atoms with E-state index >= 15 is 0 Å². The van der Waals surface area contributed by atoms with Gasteiger partial charge in [0.25, 0.3) is 5.76 Å². The number of allylic oxidation sites excluding steroid dienone is 1. The summed E-state index contributed by atoms with van der Waals surface area (Å²) in [5.41, 5.74) is 1.55. The number of hydrogen-bond acceptors (Lipinski definition) is 1. The maximum Gasteiger partial charge on any atom is 0.288 e. The molecule has 0 aliphatic carbocycles. The first-order chi connectivity index (χ1) is 6.63. The molecule has 0 bridgehead atoms. The van der Waals surface area contributed by atoms with E-state index in [1.54, 1.807) is 24.3 Å². The van der Waals surface area contributed by atoms with E-state index in [-0.39, 0.29) is 0 Å². The molecule has 0 heterocycles. The standard InChI is InChI=1S/C10H9ClF2S/c1-7(6-11)8-3-2-4-9(5-8)14-10(12)13/h2-5,10H,1,6H2. The molecular formula is C10H9ClF2S. The van der Waals surface area contributed by atoms with Gasteiger partial charge in [0.2, 0.25) is 0 Å². The van der Waals surface area contributed by atoms with Crippen molar-refractivity contribution in [3.63, 3.8) is 0 Å². The minimum atomic E-state index is -2.39. The predicted octanol–water partition coefficient (Wildman–Crippen LogP) is 4.25. The van der Waals surface area contributed by atoms with E-state index in [4.69, 9.17) is 11.6 Å². The Morgan fingerprint density at radius 1 is 1.50 bits per heavy atom. The summed E-state index contributed by atoms with van der Waals surface area (Å²) in [6, 6.07) is 6.83. The molecular weight excluding hydrogens is 226 g/mol. The highest BCUT2D eigenvalue weighted by Crippen LogP contribution is 2.27. The number of alkyl halides is 3. The van der Waals surface area contributed by atoms with Crippen LogP contribution >= 0.6 is 23.4 Å². The number of rotatable bonds is 4. The summed E-state index contributed by atoms with van der Waals surface area (Å²) in [7, 11) is 0. The van der Waals surface area contributed by atoms with Gasteiger partial charge in [0.15, 0.2) is 0 Å². The first kappa shape index (κ1) is 11.5. The van der Waals surface area contributed by atoms with Crippen LogP contribution in [0.15, 0.2) is 35.7 Å². The quantitative estimate of drug-likeness (QED) is 0.554. The molecule has 0 nitrogen and oxygen atoms in total. The van der Waals surface area contributed by atoms with Crippen molar-refractivity contribution < 1.29 is 8.78 Å². The average Bonchev–Trinajstić information content (AvgIpc) is 2.16. The third-order valence-corrected chi connectivity index (χ3v) is 2.66. The Balaban J connectivity index is 2.84. The minimum Gasteiger partial charge on any atom is -0.198 e. The Bertz CT molecular complexity index is 326. The summed E-state index contributed by atoms with van der Waals surface area (Å²) in [5, 5.41) is 0. The molecule has 0 radical (unpaired) electrons. The van der Waals surface area contributed by atoms with Gasteiger partial charge in [-0.1, -0.05) is 30.5 Å². The van der Waals surface area contributed by atoms with Gasteiger partial charge in [0.05, 0.1) is 0 Å². The molecule has 0 N–H and O–H groups in total. The van der Waals surface area contributed by atoms with Crippen LogP contribution in [-0.2, 0) is 0 Å². The molecule has 0 fully saturated rings. The lowest BCUT2D eigenvalue weighted by atomic mass is 10.1. The van der Waals surface area contributed by atoms with E-state index in [0.29, 0.717) is 22.5 Å². The maximum absolute atomic E-state index is 12.0. The highest BCUT2D eigenvalue weighted by molar-refractivity contribution is 7.99. The predicted molar refractivity (Wildman–Crippen MR) is 58.1 cm³/mol. The van der Waals surface area contributed by atoms with E-state index in [9.17, 15) is 8.78 Å². The van der Waals surface area contributed by atoms with Gasteiger partial charge in [-0.25, -0.2) is 0 Å². The number of thioether (sulfide) groups is 1. The molecule has 14 heavy (non-hydrogen) atoms. The fourth-order valence-corrected chi connectivity index (χ4v) is 1.68. The average molecular weight is 235 g/mol. The molecule has 0 spiro atoms. The second kappa shape index (κ2) is 5.37. The van der Waals surface area contributed by atoms with Crippen LogP contribution in [0.25, 0.3) is 5.57 Å². The Hall–Kier alpha value is -0.540. The molecule has 76 valence electrons. The second-order valence-corrected chi connectivity index (χ2v) is 3.97. The van der Waals surface area contributed by atoms with Crippen molar-refractivity contribution in [2.45, 2.75) is 10.7 Å². The first-order valence-electron chi connectivity index (χ1n) is 3.92. The minimum absolute atomic E-state index is 0.308. The van der Waals surface area contributed by atoms with Crippen LogP contribution < -0.4 is 0 Å². The van der Waals surface area contributed by atoms with Gasteiger partial charge in [0.1, 0.15) is 0 Å². The molecule has 0 aliphatic heterocycles. The molecule has 1 aromatic carbocycles. The van der Waals surface area contributed by atoms with Crippen molar-refractivity contribution >= 4 is 28.9 Å². The van der Waals surface area contributed by atoms with Crippen molar-refractivity contribution in [3.05, 3.63) is 36.4 Å². The van der Waals surface area contributed by atoms with Crippen LogP contribution in [0.2, 0.25) is 0 Å². The molecule has 0 saturated carbocycles. The van der Waals surface area contributed by atoms with E-state index in [2.05, 4.69) is 6.58 Å². The molecule has 0 saturated heterocycles. The Morgan fingerprint density at radius 2 is 2.21 bits per heavy atom. The maximum atomic E-state index is 12.0. The zero-order valence-corrected chi connectivity index (χ0v) is 8.92. The van der Waals surface area contributed by atoms with Gasteiger partial charge in [-0.3, -0.25) is 0 Å². The molecule has 0 atom stereocenters. The van der Waals surface area contributed by atoms with Gasteiger partial charge in [0, 0.05) is 10.8 Å². The van der Waals surface area contributed by atoms with Gasteiger partial charge < -0.3 is 0 Å². The van der Waals surface area contributed by atoms with E-state index in [1.807, 2.05) is 0 Å². The van der Waals surface area contributed by atoms with Crippen LogP contribution in [0, 0.1) is 0 Å². The van der Waals surface area contributed by atoms with E-state index in [1.165, 1.54) is 0 Å². The third-order valence-electron chi connectivity index (χ3n) is 1.63. The fraction of sp³-hybridized carbons (Fsp3) is 0.200. The summed E-state index contributed by atoms with van der Waals surface area (Å²) in [4.78, 5) is 0.531. The Morgan fingerprint density at radius 3 is 2.79 bits per heavy atom. The van der Waals surface area contributed by atoms with E-state index < -0.39 is 5.76 Å². The molecule has 0 unspecified atom stereocenters. The number of hydrogen-bond donors (Lipinski definition) is 0. The van der Waals surface area contributed by atoms with Crippen molar-refractivity contribution in [1.29, 1.82) is 0 Å². The zero-order valence-electron chi connectivity index (χ0n) is 7.34. The lowest BCUT2D eigenvalue weighted by Crippen LogP contribution is -1.86. The van der Waals surface area contributed by atoms with Crippen LogP contribution in [0.5, 0.6) is 0 Å². The zero-order chi connectivity index (χ0) is 10.6. The van der Waals surface area contributed by atoms with Crippen molar-refractivity contribution in [2.75, 3.05) is 5.88 Å². The summed E-state index contributed by atoms with van der Waals surface area (Å²) >= 11 is 6.11. The van der Waals surface area contributed by atoms with Gasteiger partial charge in [-0.2, -0.15) is 8.78 Å². The largest absolute Gasteiger partial charge is 0.288 e. The Kier molecular flexibility index (Phi) is 4.42. The second-order valence-electron chi connectivity index (χ2n) is 2.64. The summed E-state index contributed by atoms with van der Waals surface area (Å²) in [5.74, 6) is -2.09. The molecule has 0 amide bonds. The van der Waals surface area contributed by atoms with Crippen molar-refractivity contribution in [3.8, 4) is 0 Å². The molecule has 4 heteroatoms. The molecule has 1 aromatic rings. The Labute approximate surface area is 91.0 Å². The monoisotopic (exact) mass is 234 g/mol. The summed E-state index contributed by atoms with van der Waals surface area (Å²) in [6.07, 6.45) is 0. The van der Waals surface area contributed by atoms with E-state index in [0.717, 1.165) is 11.1 Å². The topological polar surface area (TPSA) is 0 Å². The number of halogens is 3. The normalized spacial score (nSPS) is 10.6. The summed E-state index contributed by atoms with van der Waals surface area (Å²) in [6.45, 7) is 3.73. The van der Waals surface area contributed by atoms with Crippen molar-refractivity contribution in [2.24, 2.45) is 0 Å². The lowest BCUT2D eigenvalue weighted by Gasteiger charge is -2.04. The van der Waals surface area contributed by atoms with Crippen LogP contribution in [0.3, 0.4) is 0 Å². The third kappa shape index (κ3) is 3.31. The SMILES string of the molecule is C=C(CCl)c1cccc(SC(F)F)c1. The highest BCUT2D eigenvalue weighted by atomic mass is 35.5. The smallest absolute Gasteiger partial charge is 0.198 e. The van der Waals surface area contributed by atoms with Gasteiger partial charge >= 0.3 is 0 Å².